The molecule has 4 aromatic rings. The van der Waals surface area contributed by atoms with Crippen LogP contribution >= 0.6 is 11.3 Å². The van der Waals surface area contributed by atoms with E-state index in [1.54, 1.807) is 17.6 Å². The van der Waals surface area contributed by atoms with Crippen molar-refractivity contribution < 1.29 is 4.42 Å². The molecule has 3 heterocycles. The van der Waals surface area contributed by atoms with Gasteiger partial charge >= 0.3 is 0 Å². The van der Waals surface area contributed by atoms with Gasteiger partial charge in [0.1, 0.15) is 5.76 Å². The SMILES string of the molecule is c1ccc(-c2cccc(-c3ccco3)c2-c2cccs2)nc1. The molecule has 3 heteroatoms. The average Bonchev–Trinajstić information content (AvgIpc) is 3.28. The molecule has 0 fully saturated rings. The molecule has 0 N–H and O–H groups in total. The van der Waals surface area contributed by atoms with Gasteiger partial charge in [-0.3, -0.25) is 4.98 Å². The van der Waals surface area contributed by atoms with Crippen molar-refractivity contribution in [3.8, 4) is 33.0 Å². The maximum absolute atomic E-state index is 5.63. The lowest BCUT2D eigenvalue weighted by atomic mass is 9.95. The Kier molecular flexibility index (Phi) is 3.33. The van der Waals surface area contributed by atoms with Crippen LogP contribution in [0.3, 0.4) is 0 Å². The Bertz CT molecular complexity index is 865. The quantitative estimate of drug-likeness (QED) is 0.482. The molecule has 0 aliphatic heterocycles. The molecule has 0 spiro atoms. The first-order chi connectivity index (χ1) is 10.9. The first-order valence-corrected chi connectivity index (χ1v) is 7.93. The number of thiophene rings is 1. The van der Waals surface area contributed by atoms with Crippen molar-refractivity contribution in [2.45, 2.75) is 0 Å². The number of rotatable bonds is 3. The normalized spacial score (nSPS) is 10.7. The third kappa shape index (κ3) is 2.26. The molecule has 106 valence electrons. The summed E-state index contributed by atoms with van der Waals surface area (Å²) in [6.45, 7) is 0. The van der Waals surface area contributed by atoms with Crippen LogP contribution in [0.25, 0.3) is 33.0 Å². The molecule has 0 radical (unpaired) electrons. The Morgan fingerprint density at radius 3 is 2.50 bits per heavy atom. The second-order valence-electron chi connectivity index (χ2n) is 4.90. The molecule has 1 aromatic carbocycles. The number of aromatic nitrogens is 1. The minimum Gasteiger partial charge on any atom is -0.464 e. The number of hydrogen-bond donors (Lipinski definition) is 0. The van der Waals surface area contributed by atoms with Crippen LogP contribution in [0.2, 0.25) is 0 Å². The predicted octanol–water partition coefficient (Wildman–Crippen LogP) is 5.74. The summed E-state index contributed by atoms with van der Waals surface area (Å²) in [7, 11) is 0. The van der Waals surface area contributed by atoms with Crippen molar-refractivity contribution in [2.24, 2.45) is 0 Å². The molecule has 0 aliphatic carbocycles. The van der Waals surface area contributed by atoms with Crippen LogP contribution < -0.4 is 0 Å². The summed E-state index contributed by atoms with van der Waals surface area (Å²) < 4.78 is 5.63. The van der Waals surface area contributed by atoms with Crippen LogP contribution in [0.15, 0.2) is 82.9 Å². The predicted molar refractivity (Wildman–Crippen MR) is 90.7 cm³/mol. The molecule has 2 nitrogen and oxygen atoms in total. The third-order valence-electron chi connectivity index (χ3n) is 3.56. The van der Waals surface area contributed by atoms with Crippen molar-refractivity contribution in [1.82, 2.24) is 4.98 Å². The van der Waals surface area contributed by atoms with E-state index in [0.717, 1.165) is 22.6 Å². The van der Waals surface area contributed by atoms with Gasteiger partial charge in [0.25, 0.3) is 0 Å². The highest BCUT2D eigenvalue weighted by atomic mass is 32.1. The summed E-state index contributed by atoms with van der Waals surface area (Å²) in [5.74, 6) is 0.876. The zero-order valence-corrected chi connectivity index (χ0v) is 12.6. The Balaban J connectivity index is 2.02. The Hall–Kier alpha value is -2.65. The molecule has 0 amide bonds. The highest BCUT2D eigenvalue weighted by Crippen LogP contribution is 2.41. The van der Waals surface area contributed by atoms with Crippen LogP contribution in [0.4, 0.5) is 0 Å². The van der Waals surface area contributed by atoms with Crippen LogP contribution in [0, 0.1) is 0 Å². The molecule has 0 saturated heterocycles. The minimum absolute atomic E-state index is 0.876. The lowest BCUT2D eigenvalue weighted by Crippen LogP contribution is -1.89. The minimum atomic E-state index is 0.876. The Labute approximate surface area is 132 Å². The lowest BCUT2D eigenvalue weighted by molar-refractivity contribution is 0.582. The summed E-state index contributed by atoms with van der Waals surface area (Å²) in [6.07, 6.45) is 3.54. The molecule has 0 atom stereocenters. The van der Waals surface area contributed by atoms with E-state index in [9.17, 15) is 0 Å². The fourth-order valence-corrected chi connectivity index (χ4v) is 3.41. The molecular weight excluding hydrogens is 290 g/mol. The second-order valence-corrected chi connectivity index (χ2v) is 5.85. The van der Waals surface area contributed by atoms with Crippen LogP contribution in [-0.2, 0) is 0 Å². The number of benzene rings is 1. The molecule has 4 rings (SSSR count). The number of pyridine rings is 1. The zero-order valence-electron chi connectivity index (χ0n) is 11.8. The van der Waals surface area contributed by atoms with Gasteiger partial charge in [-0.15, -0.1) is 11.3 Å². The molecule has 0 unspecified atom stereocenters. The van der Waals surface area contributed by atoms with E-state index in [1.807, 2.05) is 36.5 Å². The Morgan fingerprint density at radius 1 is 0.818 bits per heavy atom. The highest BCUT2D eigenvalue weighted by Gasteiger charge is 2.16. The van der Waals surface area contributed by atoms with Crippen LogP contribution in [0.5, 0.6) is 0 Å². The molecule has 0 saturated carbocycles. The fraction of sp³-hybridized carbons (Fsp3) is 0. The van der Waals surface area contributed by atoms with E-state index in [4.69, 9.17) is 4.42 Å². The van der Waals surface area contributed by atoms with Crippen LogP contribution in [0.1, 0.15) is 0 Å². The Morgan fingerprint density at radius 2 is 1.77 bits per heavy atom. The number of furan rings is 1. The van der Waals surface area contributed by atoms with Crippen molar-refractivity contribution in [2.75, 3.05) is 0 Å². The molecule has 0 bridgehead atoms. The molecule has 3 aromatic heterocycles. The standard InChI is InChI=1S/C19H13NOS/c1-2-11-20-16(8-1)14-6-3-7-15(17-9-4-12-21-17)19(14)18-10-5-13-22-18/h1-13H. The fourth-order valence-electron chi connectivity index (χ4n) is 2.61. The summed E-state index contributed by atoms with van der Waals surface area (Å²) in [5.41, 5.74) is 4.36. The monoisotopic (exact) mass is 303 g/mol. The van der Waals surface area contributed by atoms with Gasteiger partial charge in [-0.25, -0.2) is 0 Å². The van der Waals surface area contributed by atoms with Crippen molar-refractivity contribution in [3.63, 3.8) is 0 Å². The zero-order chi connectivity index (χ0) is 14.8. The van der Waals surface area contributed by atoms with Gasteiger partial charge in [0, 0.05) is 27.8 Å². The second kappa shape index (κ2) is 5.62. The lowest BCUT2D eigenvalue weighted by Gasteiger charge is -2.12. The van der Waals surface area contributed by atoms with E-state index in [1.165, 1.54) is 10.4 Å². The third-order valence-corrected chi connectivity index (χ3v) is 4.45. The summed E-state index contributed by atoms with van der Waals surface area (Å²) in [6, 6.07) is 20.4. The maximum Gasteiger partial charge on any atom is 0.134 e. The van der Waals surface area contributed by atoms with E-state index in [0.29, 0.717) is 0 Å². The largest absolute Gasteiger partial charge is 0.464 e. The summed E-state index contributed by atoms with van der Waals surface area (Å²) in [5, 5.41) is 2.09. The smallest absolute Gasteiger partial charge is 0.134 e. The van der Waals surface area contributed by atoms with Gasteiger partial charge in [0.05, 0.1) is 12.0 Å². The van der Waals surface area contributed by atoms with E-state index < -0.39 is 0 Å². The summed E-state index contributed by atoms with van der Waals surface area (Å²) >= 11 is 1.73. The topological polar surface area (TPSA) is 26.0 Å². The van der Waals surface area contributed by atoms with E-state index >= 15 is 0 Å². The van der Waals surface area contributed by atoms with Crippen LogP contribution in [-0.4, -0.2) is 4.98 Å². The first-order valence-electron chi connectivity index (χ1n) is 7.05. The van der Waals surface area contributed by atoms with Crippen molar-refractivity contribution >= 4 is 11.3 Å². The molecule has 0 aliphatic rings. The van der Waals surface area contributed by atoms with Gasteiger partial charge in [-0.05, 0) is 35.7 Å². The van der Waals surface area contributed by atoms with Gasteiger partial charge in [0.15, 0.2) is 0 Å². The van der Waals surface area contributed by atoms with Crippen molar-refractivity contribution in [3.05, 3.63) is 78.5 Å². The molecule has 22 heavy (non-hydrogen) atoms. The van der Waals surface area contributed by atoms with Gasteiger partial charge < -0.3 is 4.42 Å². The first kappa shape index (κ1) is 13.0. The highest BCUT2D eigenvalue weighted by molar-refractivity contribution is 7.13. The summed E-state index contributed by atoms with van der Waals surface area (Å²) in [4.78, 5) is 5.73. The van der Waals surface area contributed by atoms with Crippen molar-refractivity contribution in [1.29, 1.82) is 0 Å². The molecular formula is C19H13NOS. The van der Waals surface area contributed by atoms with E-state index in [2.05, 4.69) is 40.7 Å². The maximum atomic E-state index is 5.63. The number of nitrogens with zero attached hydrogens (tertiary/aromatic N) is 1. The van der Waals surface area contributed by atoms with E-state index in [-0.39, 0.29) is 0 Å². The van der Waals surface area contributed by atoms with Gasteiger partial charge in [-0.2, -0.15) is 0 Å². The van der Waals surface area contributed by atoms with Gasteiger partial charge in [0.2, 0.25) is 0 Å². The van der Waals surface area contributed by atoms with Gasteiger partial charge in [-0.1, -0.05) is 30.3 Å². The average molecular weight is 303 g/mol. The number of hydrogen-bond acceptors (Lipinski definition) is 3.